The molecule has 1 atom stereocenters. The van der Waals surface area contributed by atoms with Crippen LogP contribution in [0.2, 0.25) is 0 Å². The Bertz CT molecular complexity index is 1370. The van der Waals surface area contributed by atoms with Crippen LogP contribution in [-0.4, -0.2) is 95.5 Å². The molecule has 3 aromatic rings. The molecule has 18 heteroatoms. The molecule has 1 aliphatic rings. The number of carbonyl (C=O) groups excluding carboxylic acids is 1. The second-order valence-corrected chi connectivity index (χ2v) is 8.81. The van der Waals surface area contributed by atoms with E-state index in [1.54, 1.807) is 12.3 Å². The lowest BCUT2D eigenvalue weighted by Crippen LogP contribution is -2.40. The number of rotatable bonds is 7. The van der Waals surface area contributed by atoms with Gasteiger partial charge in [-0.1, -0.05) is 18.2 Å². The van der Waals surface area contributed by atoms with Crippen molar-refractivity contribution in [3.8, 4) is 28.4 Å². The zero-order chi connectivity index (χ0) is 33.1. The van der Waals surface area contributed by atoms with Crippen LogP contribution in [0.4, 0.5) is 32.0 Å². The molecule has 4 N–H and O–H groups in total. The minimum absolute atomic E-state index is 0.146. The fourth-order valence-electron chi connectivity index (χ4n) is 3.03. The summed E-state index contributed by atoms with van der Waals surface area (Å²) in [6, 6.07) is 12.9. The molecule has 0 radical (unpaired) electrons. The number of aromatic amines is 1. The van der Waals surface area contributed by atoms with Crippen molar-refractivity contribution in [3.05, 3.63) is 54.9 Å². The average Bonchev–Trinajstić information content (AvgIpc) is 3.48. The fourth-order valence-corrected chi connectivity index (χ4v) is 3.03. The van der Waals surface area contributed by atoms with Crippen molar-refractivity contribution in [2.75, 3.05) is 39.2 Å². The van der Waals surface area contributed by atoms with E-state index in [1.807, 2.05) is 61.6 Å². The Morgan fingerprint density at radius 2 is 1.59 bits per heavy atom. The van der Waals surface area contributed by atoms with Crippen LogP contribution in [0.25, 0.3) is 11.1 Å². The van der Waals surface area contributed by atoms with Gasteiger partial charge >= 0.3 is 24.3 Å². The summed E-state index contributed by atoms with van der Waals surface area (Å²) < 4.78 is 80.9. The molecule has 44 heavy (non-hydrogen) atoms. The molecule has 0 fully saturated rings. The molecule has 0 bridgehead atoms. The van der Waals surface area contributed by atoms with Gasteiger partial charge in [0.15, 0.2) is 11.5 Å². The highest BCUT2D eigenvalue weighted by atomic mass is 19.4. The van der Waals surface area contributed by atoms with E-state index in [0.717, 1.165) is 17.7 Å². The van der Waals surface area contributed by atoms with E-state index < -0.39 is 30.4 Å². The number of nitrogens with zero attached hydrogens (tertiary/aromatic N) is 2. The smallest absolute Gasteiger partial charge is 0.490 e. The van der Waals surface area contributed by atoms with Crippen molar-refractivity contribution >= 4 is 23.5 Å². The van der Waals surface area contributed by atoms with Gasteiger partial charge in [-0.25, -0.2) is 9.59 Å². The topological polar surface area (TPSA) is 163 Å². The minimum atomic E-state index is -5.08. The zero-order valence-corrected chi connectivity index (χ0v) is 22.9. The van der Waals surface area contributed by atoms with Gasteiger partial charge in [0, 0.05) is 18.3 Å². The number of carboxylic acid groups (broad SMARTS) is 2. The zero-order valence-electron chi connectivity index (χ0n) is 22.9. The summed E-state index contributed by atoms with van der Waals surface area (Å²) in [6.45, 7) is 1.38. The first-order valence-electron chi connectivity index (χ1n) is 12.2. The number of benzene rings is 2. The molecule has 0 spiro atoms. The number of likely N-dealkylation sites (N-methyl/N-ethyl adjacent to an activating group) is 1. The highest BCUT2D eigenvalue weighted by Gasteiger charge is 2.39. The van der Waals surface area contributed by atoms with Crippen LogP contribution < -0.4 is 19.5 Å². The van der Waals surface area contributed by atoms with Crippen molar-refractivity contribution in [1.82, 2.24) is 15.1 Å². The summed E-state index contributed by atoms with van der Waals surface area (Å²) in [5.41, 5.74) is 2.45. The lowest BCUT2D eigenvalue weighted by Gasteiger charge is -2.26. The number of aliphatic carboxylic acids is 2. The van der Waals surface area contributed by atoms with Crippen LogP contribution >= 0.6 is 0 Å². The van der Waals surface area contributed by atoms with Crippen LogP contribution in [0, 0.1) is 0 Å². The minimum Gasteiger partial charge on any atom is -0.490 e. The van der Waals surface area contributed by atoms with Gasteiger partial charge in [0.25, 0.3) is 5.91 Å². The van der Waals surface area contributed by atoms with Crippen molar-refractivity contribution in [2.24, 2.45) is 0 Å². The van der Waals surface area contributed by atoms with Crippen LogP contribution in [0.3, 0.4) is 0 Å². The Morgan fingerprint density at radius 3 is 2.11 bits per heavy atom. The Labute approximate surface area is 245 Å². The number of para-hydroxylation sites is 2. The number of ether oxygens (including phenoxy) is 3. The summed E-state index contributed by atoms with van der Waals surface area (Å²) in [6.07, 6.45) is -7.37. The molecule has 2 aromatic carbocycles. The van der Waals surface area contributed by atoms with Crippen molar-refractivity contribution in [2.45, 2.75) is 18.5 Å². The van der Waals surface area contributed by atoms with Crippen LogP contribution in [0.1, 0.15) is 0 Å². The normalized spacial score (nSPS) is 13.9. The molecule has 1 amide bonds. The van der Waals surface area contributed by atoms with E-state index >= 15 is 0 Å². The van der Waals surface area contributed by atoms with E-state index in [2.05, 4.69) is 15.5 Å². The Balaban J connectivity index is 0.000000402. The number of nitrogens with one attached hydrogen (secondary N) is 2. The predicted molar refractivity (Wildman–Crippen MR) is 140 cm³/mol. The molecule has 240 valence electrons. The maximum Gasteiger partial charge on any atom is 0.490 e. The monoisotopic (exact) mass is 636 g/mol. The second-order valence-electron chi connectivity index (χ2n) is 8.81. The van der Waals surface area contributed by atoms with Crippen molar-refractivity contribution in [1.29, 1.82) is 0 Å². The van der Waals surface area contributed by atoms with Gasteiger partial charge in [-0.3, -0.25) is 9.89 Å². The Morgan fingerprint density at radius 1 is 1.00 bits per heavy atom. The molecule has 12 nitrogen and oxygen atoms in total. The van der Waals surface area contributed by atoms with E-state index in [0.29, 0.717) is 29.5 Å². The van der Waals surface area contributed by atoms with Crippen LogP contribution in [0.5, 0.6) is 17.2 Å². The van der Waals surface area contributed by atoms with E-state index in [9.17, 15) is 31.1 Å². The molecule has 0 unspecified atom stereocenters. The molecule has 0 saturated heterocycles. The number of anilines is 1. The predicted octanol–water partition coefficient (Wildman–Crippen LogP) is 4.06. The first-order valence-corrected chi connectivity index (χ1v) is 12.2. The number of carbonyl (C=O) groups is 3. The average molecular weight is 637 g/mol. The number of aromatic nitrogens is 2. The molecule has 4 rings (SSSR count). The van der Waals surface area contributed by atoms with E-state index in [-0.39, 0.29) is 12.5 Å². The summed E-state index contributed by atoms with van der Waals surface area (Å²) >= 11 is 0. The number of amides is 1. The second kappa shape index (κ2) is 15.5. The molecular formula is C26H26F6N4O8. The molecule has 1 aromatic heterocycles. The fraction of sp³-hybridized carbons (Fsp3) is 0.308. The lowest BCUT2D eigenvalue weighted by atomic mass is 10.1. The van der Waals surface area contributed by atoms with Gasteiger partial charge < -0.3 is 34.6 Å². The lowest BCUT2D eigenvalue weighted by molar-refractivity contribution is -0.193. The van der Waals surface area contributed by atoms with Gasteiger partial charge in [-0.05, 0) is 43.9 Å². The maximum atomic E-state index is 12.8. The van der Waals surface area contributed by atoms with Gasteiger partial charge in [-0.2, -0.15) is 31.4 Å². The summed E-state index contributed by atoms with van der Waals surface area (Å²) in [4.78, 5) is 32.7. The van der Waals surface area contributed by atoms with Crippen LogP contribution in [-0.2, 0) is 14.4 Å². The van der Waals surface area contributed by atoms with Crippen molar-refractivity contribution in [3.63, 3.8) is 0 Å². The van der Waals surface area contributed by atoms with Gasteiger partial charge in [0.1, 0.15) is 19.0 Å². The number of H-pyrrole nitrogens is 1. The van der Waals surface area contributed by atoms with E-state index in [1.165, 1.54) is 0 Å². The number of halogens is 6. The third-order valence-electron chi connectivity index (χ3n) is 5.15. The molecular weight excluding hydrogens is 610 g/mol. The number of fused-ring (bicyclic) bond motifs is 1. The summed E-state index contributed by atoms with van der Waals surface area (Å²) in [7, 11) is 3.96. The first-order chi connectivity index (χ1) is 20.5. The molecule has 0 saturated carbocycles. The van der Waals surface area contributed by atoms with Gasteiger partial charge in [-0.15, -0.1) is 0 Å². The molecule has 1 aliphatic heterocycles. The van der Waals surface area contributed by atoms with E-state index in [4.69, 9.17) is 34.0 Å². The number of hydrogen-bond acceptors (Lipinski definition) is 8. The SMILES string of the molecule is CN(C)CCOc1cc(-c2cn[nH]c2)ccc1NC(=O)[C@@H]1COc2ccccc2O1.O=C(O)C(F)(F)F.O=C(O)C(F)(F)F. The highest BCUT2D eigenvalue weighted by Crippen LogP contribution is 2.33. The molecule has 0 aliphatic carbocycles. The van der Waals surface area contributed by atoms with Crippen molar-refractivity contribution < 1.29 is 65.1 Å². The quantitative estimate of drug-likeness (QED) is 0.278. The summed E-state index contributed by atoms with van der Waals surface area (Å²) in [5.74, 6) is -4.03. The van der Waals surface area contributed by atoms with Gasteiger partial charge in [0.05, 0.1) is 11.9 Å². The number of hydrogen-bond donors (Lipinski definition) is 4. The molecule has 2 heterocycles. The third kappa shape index (κ3) is 11.3. The standard InChI is InChI=1S/C22H24N4O4.2C2HF3O2/c1-26(2)9-10-28-20-11-15(16-12-23-24-13-16)7-8-17(20)25-22(27)21-14-29-18-5-3-4-6-19(18)30-21;2*3-2(4,5)1(6)7/h3-8,11-13,21H,9-10,14H2,1-2H3,(H,23,24)(H,25,27);2*(H,6,7)/t21-;;/m0../s1. The first kappa shape index (κ1) is 35.2. The number of alkyl halides is 6. The highest BCUT2D eigenvalue weighted by molar-refractivity contribution is 5.96. The Kier molecular flexibility index (Phi) is 12.4. The summed E-state index contributed by atoms with van der Waals surface area (Å²) in [5, 5.41) is 24.0. The van der Waals surface area contributed by atoms with Gasteiger partial charge in [0.2, 0.25) is 6.10 Å². The largest absolute Gasteiger partial charge is 0.490 e. The number of carboxylic acids is 2. The van der Waals surface area contributed by atoms with Crippen LogP contribution in [0.15, 0.2) is 54.9 Å². The Hall–Kier alpha value is -5.00. The maximum absolute atomic E-state index is 12.8. The third-order valence-corrected chi connectivity index (χ3v) is 5.15.